The van der Waals surface area contributed by atoms with Crippen molar-refractivity contribution in [3.8, 4) is 11.4 Å². The molecular weight excluding hydrogens is 458 g/mol. The van der Waals surface area contributed by atoms with Crippen molar-refractivity contribution in [3.63, 3.8) is 0 Å². The van der Waals surface area contributed by atoms with Gasteiger partial charge in [-0.3, -0.25) is 0 Å². The molecule has 12 heteroatoms. The molecule has 1 aliphatic carbocycles. The van der Waals surface area contributed by atoms with E-state index in [1.54, 1.807) is 23.1 Å². The molecule has 0 atom stereocenters. The van der Waals surface area contributed by atoms with Crippen LogP contribution >= 0.6 is 0 Å². The van der Waals surface area contributed by atoms with Gasteiger partial charge in [-0.05, 0) is 64.1 Å². The normalized spacial score (nSPS) is 17.9. The van der Waals surface area contributed by atoms with Crippen molar-refractivity contribution in [2.24, 2.45) is 0 Å². The number of rotatable bonds is 6. The molecule has 34 heavy (non-hydrogen) atoms. The second-order valence-electron chi connectivity index (χ2n) is 9.87. The van der Waals surface area contributed by atoms with Gasteiger partial charge in [0.15, 0.2) is 0 Å². The minimum Gasteiger partial charge on any atom is -0.444 e. The summed E-state index contributed by atoms with van der Waals surface area (Å²) in [5.74, 6) is 0.335. The van der Waals surface area contributed by atoms with E-state index >= 15 is 0 Å². The van der Waals surface area contributed by atoms with Crippen molar-refractivity contribution in [1.29, 1.82) is 0 Å². The van der Waals surface area contributed by atoms with Gasteiger partial charge in [0.05, 0.1) is 18.0 Å². The molecule has 1 aromatic heterocycles. The van der Waals surface area contributed by atoms with Crippen LogP contribution < -0.4 is 10.0 Å². The molecule has 186 valence electrons. The fourth-order valence-electron chi connectivity index (χ4n) is 4.15. The minimum atomic E-state index is -3.63. The molecule has 1 saturated heterocycles. The van der Waals surface area contributed by atoms with Crippen LogP contribution in [-0.4, -0.2) is 71.4 Å². The maximum atomic E-state index is 12.4. The molecule has 0 radical (unpaired) electrons. The SMILES string of the molecule is CNS(=O)(=O)c1ccc(NC2CCCCC2)c(-c2nnn(C3CN(C(=O)OC(C)(C)C)C3)n2)c1. The second kappa shape index (κ2) is 9.49. The first-order valence-corrected chi connectivity index (χ1v) is 13.2. The molecule has 2 N–H and O–H groups in total. The number of nitrogens with one attached hydrogen (secondary N) is 2. The molecule has 4 rings (SSSR count). The Bertz CT molecular complexity index is 1130. The standard InChI is InChI=1S/C22H33N7O4S/c1-22(2,3)33-21(30)28-13-16(14-28)29-26-20(25-27-29)18-12-17(34(31,32)23-4)10-11-19(18)24-15-8-6-5-7-9-15/h10-12,15-16,23-24H,5-9,13-14H2,1-4H3. The molecule has 0 unspecified atom stereocenters. The first-order chi connectivity index (χ1) is 16.1. The van der Waals surface area contributed by atoms with Crippen molar-refractivity contribution in [1.82, 2.24) is 29.8 Å². The van der Waals surface area contributed by atoms with E-state index in [9.17, 15) is 13.2 Å². The topological polar surface area (TPSA) is 131 Å². The molecule has 11 nitrogen and oxygen atoms in total. The third kappa shape index (κ3) is 5.49. The van der Waals surface area contributed by atoms with Crippen molar-refractivity contribution < 1.29 is 17.9 Å². The summed E-state index contributed by atoms with van der Waals surface area (Å²) in [4.78, 5) is 15.4. The molecule has 1 amide bonds. The number of sulfonamides is 1. The summed E-state index contributed by atoms with van der Waals surface area (Å²) in [6, 6.07) is 5.13. The van der Waals surface area contributed by atoms with Crippen molar-refractivity contribution in [3.05, 3.63) is 18.2 Å². The molecule has 1 saturated carbocycles. The lowest BCUT2D eigenvalue weighted by molar-refractivity contribution is -0.00244. The van der Waals surface area contributed by atoms with Gasteiger partial charge in [0.2, 0.25) is 15.8 Å². The molecule has 2 aliphatic rings. The monoisotopic (exact) mass is 491 g/mol. The predicted octanol–water partition coefficient (Wildman–Crippen LogP) is 2.78. The number of likely N-dealkylation sites (tertiary alicyclic amines) is 1. The molecule has 0 bridgehead atoms. The van der Waals surface area contributed by atoms with Crippen molar-refractivity contribution in [2.75, 3.05) is 25.5 Å². The largest absolute Gasteiger partial charge is 0.444 e. The zero-order valence-electron chi connectivity index (χ0n) is 20.1. The van der Waals surface area contributed by atoms with Crippen LogP contribution in [0.5, 0.6) is 0 Å². The molecule has 0 spiro atoms. The molecule has 1 aliphatic heterocycles. The Morgan fingerprint density at radius 2 is 1.85 bits per heavy atom. The minimum absolute atomic E-state index is 0.118. The predicted molar refractivity (Wildman–Crippen MR) is 127 cm³/mol. The summed E-state index contributed by atoms with van der Waals surface area (Å²) >= 11 is 0. The van der Waals surface area contributed by atoms with E-state index in [0.29, 0.717) is 30.5 Å². The van der Waals surface area contributed by atoms with Crippen LogP contribution in [0.4, 0.5) is 10.5 Å². The summed E-state index contributed by atoms with van der Waals surface area (Å²) in [5, 5.41) is 16.5. The number of amides is 1. The van der Waals surface area contributed by atoms with Gasteiger partial charge in [-0.25, -0.2) is 17.9 Å². The average molecular weight is 492 g/mol. The maximum absolute atomic E-state index is 12.4. The lowest BCUT2D eigenvalue weighted by atomic mass is 9.95. The number of carbonyl (C=O) groups is 1. The third-order valence-electron chi connectivity index (χ3n) is 6.04. The van der Waals surface area contributed by atoms with Crippen LogP contribution in [0.15, 0.2) is 23.1 Å². The highest BCUT2D eigenvalue weighted by Crippen LogP contribution is 2.32. The average Bonchev–Trinajstić information content (AvgIpc) is 3.21. The van der Waals surface area contributed by atoms with Gasteiger partial charge in [-0.2, -0.15) is 4.80 Å². The number of carbonyl (C=O) groups excluding carboxylic acids is 1. The van der Waals surface area contributed by atoms with Crippen molar-refractivity contribution in [2.45, 2.75) is 75.5 Å². The van der Waals surface area contributed by atoms with E-state index in [-0.39, 0.29) is 17.0 Å². The second-order valence-corrected chi connectivity index (χ2v) is 11.8. The highest BCUT2D eigenvalue weighted by molar-refractivity contribution is 7.89. The summed E-state index contributed by atoms with van der Waals surface area (Å²) in [6.45, 7) is 6.33. The number of anilines is 1. The molecule has 2 heterocycles. The first-order valence-electron chi connectivity index (χ1n) is 11.7. The van der Waals surface area contributed by atoms with Crippen LogP contribution in [0.2, 0.25) is 0 Å². The summed E-state index contributed by atoms with van der Waals surface area (Å²) in [6.07, 6.45) is 5.35. The zero-order valence-corrected chi connectivity index (χ0v) is 20.9. The number of hydrogen-bond acceptors (Lipinski definition) is 8. The van der Waals surface area contributed by atoms with Crippen LogP contribution in [0, 0.1) is 0 Å². The number of tetrazole rings is 1. The van der Waals surface area contributed by atoms with E-state index in [1.807, 2.05) is 20.8 Å². The van der Waals surface area contributed by atoms with Crippen LogP contribution in [0.25, 0.3) is 11.4 Å². The Morgan fingerprint density at radius 3 is 2.50 bits per heavy atom. The van der Waals surface area contributed by atoms with E-state index in [2.05, 4.69) is 25.4 Å². The first kappa shape index (κ1) is 24.4. The molecule has 1 aromatic carbocycles. The smallest absolute Gasteiger partial charge is 0.410 e. The summed E-state index contributed by atoms with van der Waals surface area (Å²) in [7, 11) is -2.25. The Morgan fingerprint density at radius 1 is 1.15 bits per heavy atom. The number of ether oxygens (including phenoxy) is 1. The highest BCUT2D eigenvalue weighted by atomic mass is 32.2. The molecule has 2 fully saturated rings. The summed E-state index contributed by atoms with van der Waals surface area (Å²) < 4.78 is 32.6. The van der Waals surface area contributed by atoms with Crippen LogP contribution in [0.3, 0.4) is 0 Å². The highest BCUT2D eigenvalue weighted by Gasteiger charge is 2.36. The van der Waals surface area contributed by atoms with Gasteiger partial charge in [0.25, 0.3) is 0 Å². The Kier molecular flexibility index (Phi) is 6.81. The lowest BCUT2D eigenvalue weighted by Gasteiger charge is -2.38. The van der Waals surface area contributed by atoms with E-state index < -0.39 is 15.6 Å². The van der Waals surface area contributed by atoms with Gasteiger partial charge in [0, 0.05) is 17.3 Å². The van der Waals surface area contributed by atoms with E-state index in [1.165, 1.54) is 31.1 Å². The number of benzene rings is 1. The van der Waals surface area contributed by atoms with Gasteiger partial charge < -0.3 is 15.0 Å². The van der Waals surface area contributed by atoms with Gasteiger partial charge >= 0.3 is 6.09 Å². The number of nitrogens with zero attached hydrogens (tertiary/aromatic N) is 5. The Hall–Kier alpha value is -2.73. The van der Waals surface area contributed by atoms with Gasteiger partial charge in [-0.1, -0.05) is 19.3 Å². The Labute approximate surface area is 200 Å². The zero-order chi connectivity index (χ0) is 24.5. The van der Waals surface area contributed by atoms with E-state index in [0.717, 1.165) is 18.5 Å². The fourth-order valence-corrected chi connectivity index (χ4v) is 4.91. The van der Waals surface area contributed by atoms with E-state index in [4.69, 9.17) is 4.74 Å². The summed E-state index contributed by atoms with van der Waals surface area (Å²) in [5.41, 5.74) is 0.809. The number of aromatic nitrogens is 4. The van der Waals surface area contributed by atoms with Crippen LogP contribution in [-0.2, 0) is 14.8 Å². The molecule has 2 aromatic rings. The van der Waals surface area contributed by atoms with Gasteiger partial charge in [0.1, 0.15) is 11.6 Å². The van der Waals surface area contributed by atoms with Crippen LogP contribution in [0.1, 0.15) is 58.9 Å². The van der Waals surface area contributed by atoms with Gasteiger partial charge in [-0.15, -0.1) is 10.2 Å². The molecular formula is C22H33N7O4S. The third-order valence-corrected chi connectivity index (χ3v) is 7.46. The maximum Gasteiger partial charge on any atom is 0.410 e. The fraction of sp³-hybridized carbons (Fsp3) is 0.636. The number of hydrogen-bond donors (Lipinski definition) is 2. The quantitative estimate of drug-likeness (QED) is 0.631. The Balaban J connectivity index is 1.55. The lowest BCUT2D eigenvalue weighted by Crippen LogP contribution is -2.52. The van der Waals surface area contributed by atoms with Crippen molar-refractivity contribution >= 4 is 21.8 Å².